The summed E-state index contributed by atoms with van der Waals surface area (Å²) in [5.41, 5.74) is 0.883. The Morgan fingerprint density at radius 2 is 2.06 bits per heavy atom. The molecule has 0 amide bonds. The van der Waals surface area contributed by atoms with E-state index in [0.717, 1.165) is 0 Å². The van der Waals surface area contributed by atoms with Crippen LogP contribution in [0.5, 0.6) is 11.5 Å². The minimum atomic E-state index is -0.906. The van der Waals surface area contributed by atoms with E-state index < -0.39 is 5.97 Å². The number of carboxylic acids is 1. The van der Waals surface area contributed by atoms with Crippen LogP contribution in [0, 0.1) is 0 Å². The number of fused-ring (bicyclic) bond motifs is 1. The van der Waals surface area contributed by atoms with Crippen molar-refractivity contribution in [1.29, 1.82) is 0 Å². The largest absolute Gasteiger partial charge is 0.486 e. The molecule has 96 valence electrons. The van der Waals surface area contributed by atoms with Crippen LogP contribution < -0.4 is 9.47 Å². The van der Waals surface area contributed by atoms with Crippen molar-refractivity contribution in [2.75, 3.05) is 13.2 Å². The van der Waals surface area contributed by atoms with Crippen molar-refractivity contribution in [3.63, 3.8) is 0 Å². The van der Waals surface area contributed by atoms with Gasteiger partial charge in [0.1, 0.15) is 13.2 Å². The number of hydrogen-bond acceptors (Lipinski definition) is 4. The monoisotopic (exact) mass is 270 g/mol. The molecule has 0 aromatic heterocycles. The number of carboxylic acid groups (broad SMARTS) is 1. The van der Waals surface area contributed by atoms with Gasteiger partial charge in [-0.2, -0.15) is 0 Å². The Labute approximate surface area is 108 Å². The molecule has 1 heterocycles. The van der Waals surface area contributed by atoms with Crippen LogP contribution in [-0.4, -0.2) is 30.6 Å². The molecule has 0 aliphatic carbocycles. The number of carbonyl (C=O) groups excluding carboxylic acids is 1. The average molecular weight is 271 g/mol. The molecule has 1 aliphatic rings. The lowest BCUT2D eigenvalue weighted by atomic mass is 10.0. The third kappa shape index (κ3) is 2.41. The molecule has 1 aliphatic heterocycles. The molecule has 5 nitrogen and oxygen atoms in total. The van der Waals surface area contributed by atoms with Crippen molar-refractivity contribution in [1.82, 2.24) is 0 Å². The van der Waals surface area contributed by atoms with Crippen LogP contribution in [0.4, 0.5) is 0 Å². The van der Waals surface area contributed by atoms with Gasteiger partial charge in [0.05, 0.1) is 10.6 Å². The molecule has 0 bridgehead atoms. The number of aliphatic carboxylic acids is 1. The van der Waals surface area contributed by atoms with Crippen molar-refractivity contribution in [3.05, 3.63) is 22.2 Å². The molecule has 0 spiro atoms. The minimum absolute atomic E-state index is 0.0352. The zero-order valence-corrected chi connectivity index (χ0v) is 10.2. The van der Waals surface area contributed by atoms with Crippen LogP contribution in [0.2, 0.25) is 5.02 Å². The first-order valence-electron chi connectivity index (χ1n) is 5.41. The van der Waals surface area contributed by atoms with Gasteiger partial charge in [-0.1, -0.05) is 11.6 Å². The maximum atomic E-state index is 11.0. The second kappa shape index (κ2) is 5.27. The molecule has 2 rings (SSSR count). The number of rotatable bonds is 4. The van der Waals surface area contributed by atoms with Crippen molar-refractivity contribution in [2.45, 2.75) is 12.8 Å². The van der Waals surface area contributed by atoms with Gasteiger partial charge in [0.15, 0.2) is 17.8 Å². The van der Waals surface area contributed by atoms with Gasteiger partial charge in [-0.25, -0.2) is 0 Å². The lowest BCUT2D eigenvalue weighted by molar-refractivity contribution is -0.136. The maximum absolute atomic E-state index is 11.0. The number of halogens is 1. The summed E-state index contributed by atoms with van der Waals surface area (Å²) in [5.74, 6) is -0.172. The molecule has 0 radical (unpaired) electrons. The summed E-state index contributed by atoms with van der Waals surface area (Å²) in [6.07, 6.45) is 0.850. The Hall–Kier alpha value is -1.75. The average Bonchev–Trinajstić information content (AvgIpc) is 2.36. The Kier molecular flexibility index (Phi) is 3.72. The molecule has 0 fully saturated rings. The van der Waals surface area contributed by atoms with Crippen LogP contribution in [0.15, 0.2) is 6.07 Å². The van der Waals surface area contributed by atoms with Crippen LogP contribution >= 0.6 is 11.6 Å². The first-order chi connectivity index (χ1) is 8.63. The standard InChI is InChI=1S/C12H11ClO5/c13-9-5-7(1-2-10(15)16)11-12(8(9)6-14)18-4-3-17-11/h5-6H,1-4H2,(H,15,16). The third-order valence-corrected chi connectivity index (χ3v) is 2.92. The molecule has 1 aromatic carbocycles. The van der Waals surface area contributed by atoms with E-state index in [4.69, 9.17) is 26.2 Å². The predicted octanol–water partition coefficient (Wildman–Crippen LogP) is 1.94. The number of ether oxygens (including phenoxy) is 2. The molecule has 1 N–H and O–H groups in total. The van der Waals surface area contributed by atoms with E-state index in [-0.39, 0.29) is 23.4 Å². The fraction of sp³-hybridized carbons (Fsp3) is 0.333. The van der Waals surface area contributed by atoms with E-state index in [0.29, 0.717) is 36.6 Å². The lowest BCUT2D eigenvalue weighted by Gasteiger charge is -2.23. The molecule has 18 heavy (non-hydrogen) atoms. The fourth-order valence-corrected chi connectivity index (χ4v) is 2.06. The molecule has 0 saturated heterocycles. The van der Waals surface area contributed by atoms with Crippen LogP contribution in [0.3, 0.4) is 0 Å². The topological polar surface area (TPSA) is 72.8 Å². The Morgan fingerprint density at radius 1 is 1.39 bits per heavy atom. The number of hydrogen-bond donors (Lipinski definition) is 1. The molecule has 1 aromatic rings. The minimum Gasteiger partial charge on any atom is -0.486 e. The van der Waals surface area contributed by atoms with Crippen molar-refractivity contribution < 1.29 is 24.2 Å². The van der Waals surface area contributed by atoms with Crippen LogP contribution in [0.25, 0.3) is 0 Å². The number of aldehydes is 1. The summed E-state index contributed by atoms with van der Waals surface area (Å²) in [4.78, 5) is 21.6. The highest BCUT2D eigenvalue weighted by Crippen LogP contribution is 2.40. The highest BCUT2D eigenvalue weighted by Gasteiger charge is 2.23. The summed E-state index contributed by atoms with van der Waals surface area (Å²) >= 11 is 5.97. The van der Waals surface area contributed by atoms with Gasteiger partial charge in [-0.15, -0.1) is 0 Å². The zero-order valence-electron chi connectivity index (χ0n) is 9.44. The predicted molar refractivity (Wildman–Crippen MR) is 63.8 cm³/mol. The number of aryl methyl sites for hydroxylation is 1. The maximum Gasteiger partial charge on any atom is 0.303 e. The summed E-state index contributed by atoms with van der Waals surface area (Å²) in [5, 5.41) is 8.93. The fourth-order valence-electron chi connectivity index (χ4n) is 1.80. The van der Waals surface area contributed by atoms with Gasteiger partial charge in [0.25, 0.3) is 0 Å². The number of benzene rings is 1. The van der Waals surface area contributed by atoms with E-state index in [1.54, 1.807) is 6.07 Å². The zero-order chi connectivity index (χ0) is 13.1. The smallest absolute Gasteiger partial charge is 0.303 e. The molecule has 0 atom stereocenters. The second-order valence-corrected chi connectivity index (χ2v) is 4.21. The van der Waals surface area contributed by atoms with Crippen LogP contribution in [-0.2, 0) is 11.2 Å². The van der Waals surface area contributed by atoms with Gasteiger partial charge in [0.2, 0.25) is 0 Å². The van der Waals surface area contributed by atoms with E-state index in [9.17, 15) is 9.59 Å². The Balaban J connectivity index is 2.43. The van der Waals surface area contributed by atoms with Gasteiger partial charge < -0.3 is 14.6 Å². The van der Waals surface area contributed by atoms with Crippen molar-refractivity contribution >= 4 is 23.9 Å². The Bertz CT molecular complexity index is 498. The van der Waals surface area contributed by atoms with Crippen LogP contribution in [0.1, 0.15) is 22.3 Å². The lowest BCUT2D eigenvalue weighted by Crippen LogP contribution is -2.18. The molecule has 0 saturated carbocycles. The second-order valence-electron chi connectivity index (χ2n) is 3.80. The molecular weight excluding hydrogens is 260 g/mol. The van der Waals surface area contributed by atoms with Crippen molar-refractivity contribution in [2.24, 2.45) is 0 Å². The highest BCUT2D eigenvalue weighted by atomic mass is 35.5. The quantitative estimate of drug-likeness (QED) is 0.847. The van der Waals surface area contributed by atoms with Gasteiger partial charge in [0, 0.05) is 12.0 Å². The van der Waals surface area contributed by atoms with Gasteiger partial charge in [-0.3, -0.25) is 9.59 Å². The van der Waals surface area contributed by atoms with E-state index in [2.05, 4.69) is 0 Å². The van der Waals surface area contributed by atoms with Gasteiger partial charge >= 0.3 is 5.97 Å². The molecule has 0 unspecified atom stereocenters. The normalized spacial score (nSPS) is 13.2. The van der Waals surface area contributed by atoms with E-state index >= 15 is 0 Å². The molecule has 6 heteroatoms. The van der Waals surface area contributed by atoms with Gasteiger partial charge in [-0.05, 0) is 12.5 Å². The van der Waals surface area contributed by atoms with Crippen molar-refractivity contribution in [3.8, 4) is 11.5 Å². The van der Waals surface area contributed by atoms with E-state index in [1.807, 2.05) is 0 Å². The summed E-state index contributed by atoms with van der Waals surface area (Å²) in [7, 11) is 0. The summed E-state index contributed by atoms with van der Waals surface area (Å²) in [6, 6.07) is 1.56. The SMILES string of the molecule is O=Cc1c(Cl)cc(CCC(=O)O)c2c1OCCO2. The third-order valence-electron chi connectivity index (χ3n) is 2.60. The summed E-state index contributed by atoms with van der Waals surface area (Å²) < 4.78 is 10.8. The first kappa shape index (κ1) is 12.7. The number of carbonyl (C=O) groups is 2. The Morgan fingerprint density at radius 3 is 2.67 bits per heavy atom. The highest BCUT2D eigenvalue weighted by molar-refractivity contribution is 6.33. The first-order valence-corrected chi connectivity index (χ1v) is 5.79. The van der Waals surface area contributed by atoms with E-state index in [1.165, 1.54) is 0 Å². The summed E-state index contributed by atoms with van der Waals surface area (Å²) in [6.45, 7) is 0.708. The molecular formula is C12H11ClO5.